The van der Waals surface area contributed by atoms with Gasteiger partial charge < -0.3 is 0 Å². The van der Waals surface area contributed by atoms with Crippen molar-refractivity contribution in [1.82, 2.24) is 4.98 Å². The van der Waals surface area contributed by atoms with Gasteiger partial charge in [-0.05, 0) is 6.07 Å². The fourth-order valence-electron chi connectivity index (χ4n) is 1.60. The van der Waals surface area contributed by atoms with Crippen molar-refractivity contribution in [1.29, 1.82) is 5.26 Å². The summed E-state index contributed by atoms with van der Waals surface area (Å²) in [6.07, 6.45) is 1.52. The summed E-state index contributed by atoms with van der Waals surface area (Å²) >= 11 is 0. The molecule has 0 saturated heterocycles. The van der Waals surface area contributed by atoms with Gasteiger partial charge in [-0.3, -0.25) is 10.1 Å². The molecule has 5 heteroatoms. The van der Waals surface area contributed by atoms with Crippen molar-refractivity contribution in [3.8, 4) is 6.07 Å². The average molecular weight is 213 g/mol. The van der Waals surface area contributed by atoms with Gasteiger partial charge >= 0.3 is 0 Å². The topological polar surface area (TPSA) is 79.8 Å². The lowest BCUT2D eigenvalue weighted by Crippen LogP contribution is -1.97. The van der Waals surface area contributed by atoms with Crippen LogP contribution in [0.5, 0.6) is 0 Å². The van der Waals surface area contributed by atoms with Crippen LogP contribution in [-0.2, 0) is 6.42 Å². The minimum Gasteiger partial charge on any atom is -0.258 e. The zero-order valence-corrected chi connectivity index (χ0v) is 8.25. The van der Waals surface area contributed by atoms with E-state index in [0.29, 0.717) is 16.5 Å². The lowest BCUT2D eigenvalue weighted by atomic mass is 10.1. The number of hydrogen-bond donors (Lipinski definition) is 0. The van der Waals surface area contributed by atoms with Crippen LogP contribution in [0.15, 0.2) is 30.5 Å². The van der Waals surface area contributed by atoms with Crippen molar-refractivity contribution in [2.75, 3.05) is 0 Å². The van der Waals surface area contributed by atoms with Crippen molar-refractivity contribution in [3.05, 3.63) is 46.1 Å². The van der Waals surface area contributed by atoms with Crippen LogP contribution in [0, 0.1) is 21.4 Å². The minimum atomic E-state index is -0.484. The number of nitro benzene ring substituents is 1. The van der Waals surface area contributed by atoms with Gasteiger partial charge in [0.1, 0.15) is 5.52 Å². The Morgan fingerprint density at radius 1 is 1.44 bits per heavy atom. The third-order valence-electron chi connectivity index (χ3n) is 2.28. The van der Waals surface area contributed by atoms with Gasteiger partial charge in [-0.25, -0.2) is 4.98 Å². The molecular weight excluding hydrogens is 206 g/mol. The number of fused-ring (bicyclic) bond motifs is 1. The number of nitro groups is 1. The summed E-state index contributed by atoms with van der Waals surface area (Å²) in [5.41, 5.74) is 0.665. The lowest BCUT2D eigenvalue weighted by Gasteiger charge is -2.02. The molecule has 5 nitrogen and oxygen atoms in total. The second kappa shape index (κ2) is 3.95. The molecule has 0 aliphatic rings. The van der Waals surface area contributed by atoms with Crippen molar-refractivity contribution in [3.63, 3.8) is 0 Å². The van der Waals surface area contributed by atoms with Gasteiger partial charge in [0.05, 0.1) is 17.4 Å². The summed E-state index contributed by atoms with van der Waals surface area (Å²) in [7, 11) is 0. The molecule has 2 rings (SSSR count). The molecular formula is C11H7N3O2. The fraction of sp³-hybridized carbons (Fsp3) is 0.0909. The van der Waals surface area contributed by atoms with Gasteiger partial charge in [-0.1, -0.05) is 18.2 Å². The Labute approximate surface area is 91.1 Å². The smallest absolute Gasteiger partial charge is 0.258 e. The third-order valence-corrected chi connectivity index (χ3v) is 2.28. The number of rotatable bonds is 2. The highest BCUT2D eigenvalue weighted by Gasteiger charge is 2.18. The molecule has 1 aromatic heterocycles. The van der Waals surface area contributed by atoms with Crippen LogP contribution in [0.4, 0.5) is 5.69 Å². The van der Waals surface area contributed by atoms with E-state index in [-0.39, 0.29) is 12.1 Å². The monoisotopic (exact) mass is 213 g/mol. The Bertz CT molecular complexity index is 602. The van der Waals surface area contributed by atoms with Crippen LogP contribution < -0.4 is 0 Å². The molecule has 0 N–H and O–H groups in total. The van der Waals surface area contributed by atoms with Crippen molar-refractivity contribution in [2.45, 2.75) is 6.42 Å². The number of pyridine rings is 1. The van der Waals surface area contributed by atoms with Crippen LogP contribution in [0.2, 0.25) is 0 Å². The Morgan fingerprint density at radius 3 is 2.94 bits per heavy atom. The Morgan fingerprint density at radius 2 is 2.25 bits per heavy atom. The zero-order valence-electron chi connectivity index (χ0n) is 8.25. The standard InChI is InChI=1S/C11H7N3O2/c12-6-5-9-4-3-8-2-1-7-13-10(8)11(9)14(15)16/h1-4,7H,5H2. The maximum absolute atomic E-state index is 11.0. The van der Waals surface area contributed by atoms with Crippen LogP contribution >= 0.6 is 0 Å². The normalized spacial score (nSPS) is 9.94. The molecule has 0 radical (unpaired) electrons. The first-order valence-corrected chi connectivity index (χ1v) is 4.62. The van der Waals surface area contributed by atoms with Gasteiger partial charge in [-0.15, -0.1) is 0 Å². The van der Waals surface area contributed by atoms with Crippen molar-refractivity contribution < 1.29 is 4.92 Å². The zero-order chi connectivity index (χ0) is 11.5. The number of benzene rings is 1. The number of aromatic nitrogens is 1. The average Bonchev–Trinajstić information content (AvgIpc) is 2.28. The highest BCUT2D eigenvalue weighted by Crippen LogP contribution is 2.27. The molecule has 1 aromatic carbocycles. The maximum atomic E-state index is 11.0. The van der Waals surface area contributed by atoms with E-state index in [1.165, 1.54) is 6.20 Å². The maximum Gasteiger partial charge on any atom is 0.299 e. The summed E-state index contributed by atoms with van der Waals surface area (Å²) < 4.78 is 0. The van der Waals surface area contributed by atoms with E-state index in [1.54, 1.807) is 24.3 Å². The molecule has 0 atom stereocenters. The van der Waals surface area contributed by atoms with Crippen molar-refractivity contribution in [2.24, 2.45) is 0 Å². The molecule has 0 aliphatic heterocycles. The molecule has 2 aromatic rings. The van der Waals surface area contributed by atoms with Gasteiger partial charge in [0.25, 0.3) is 5.69 Å². The molecule has 0 amide bonds. The van der Waals surface area contributed by atoms with Gasteiger partial charge in [-0.2, -0.15) is 5.26 Å². The minimum absolute atomic E-state index is 0.0167. The predicted molar refractivity (Wildman–Crippen MR) is 57.7 cm³/mol. The predicted octanol–water partition coefficient (Wildman–Crippen LogP) is 2.21. The van der Waals surface area contributed by atoms with Crippen LogP contribution in [0.1, 0.15) is 5.56 Å². The van der Waals surface area contributed by atoms with E-state index < -0.39 is 4.92 Å². The van der Waals surface area contributed by atoms with E-state index in [1.807, 2.05) is 6.07 Å². The highest BCUT2D eigenvalue weighted by molar-refractivity contribution is 5.88. The summed E-state index contributed by atoms with van der Waals surface area (Å²) in [5, 5.41) is 20.3. The molecule has 16 heavy (non-hydrogen) atoms. The molecule has 0 aliphatic carbocycles. The first-order chi connectivity index (χ1) is 7.74. The molecule has 0 saturated carbocycles. The first-order valence-electron chi connectivity index (χ1n) is 4.62. The van der Waals surface area contributed by atoms with Gasteiger partial charge in [0.2, 0.25) is 0 Å². The molecule has 0 unspecified atom stereocenters. The van der Waals surface area contributed by atoms with E-state index in [0.717, 1.165) is 0 Å². The second-order valence-electron chi connectivity index (χ2n) is 3.24. The second-order valence-corrected chi connectivity index (χ2v) is 3.24. The van der Waals surface area contributed by atoms with E-state index >= 15 is 0 Å². The van der Waals surface area contributed by atoms with E-state index in [9.17, 15) is 10.1 Å². The van der Waals surface area contributed by atoms with Gasteiger partial charge in [0, 0.05) is 17.1 Å². The van der Waals surface area contributed by atoms with Crippen LogP contribution in [0.3, 0.4) is 0 Å². The summed E-state index contributed by atoms with van der Waals surface area (Å²) in [6.45, 7) is 0. The molecule has 1 heterocycles. The van der Waals surface area contributed by atoms with Crippen LogP contribution in [0.25, 0.3) is 10.9 Å². The number of hydrogen-bond acceptors (Lipinski definition) is 4. The summed E-state index contributed by atoms with van der Waals surface area (Å²) in [4.78, 5) is 14.5. The van der Waals surface area contributed by atoms with Gasteiger partial charge in [0.15, 0.2) is 0 Å². The Hall–Kier alpha value is -2.48. The largest absolute Gasteiger partial charge is 0.299 e. The Balaban J connectivity index is 2.80. The molecule has 0 spiro atoms. The highest BCUT2D eigenvalue weighted by atomic mass is 16.6. The summed E-state index contributed by atoms with van der Waals surface area (Å²) in [5.74, 6) is 0. The number of nitriles is 1. The van der Waals surface area contributed by atoms with Crippen LogP contribution in [-0.4, -0.2) is 9.91 Å². The SMILES string of the molecule is N#CCc1ccc2cccnc2c1[N+](=O)[O-]. The summed E-state index contributed by atoms with van der Waals surface area (Å²) in [6, 6.07) is 8.73. The first kappa shape index (κ1) is 10.1. The third kappa shape index (κ3) is 1.57. The molecule has 78 valence electrons. The molecule has 0 bridgehead atoms. The number of nitrogens with zero attached hydrogens (tertiary/aromatic N) is 3. The van der Waals surface area contributed by atoms with E-state index in [4.69, 9.17) is 5.26 Å². The fourth-order valence-corrected chi connectivity index (χ4v) is 1.60. The lowest BCUT2D eigenvalue weighted by molar-refractivity contribution is -0.383. The molecule has 0 fully saturated rings. The Kier molecular flexibility index (Phi) is 2.48. The quantitative estimate of drug-likeness (QED) is 0.565. The van der Waals surface area contributed by atoms with Crippen molar-refractivity contribution >= 4 is 16.6 Å². The van der Waals surface area contributed by atoms with E-state index in [2.05, 4.69) is 4.98 Å².